The van der Waals surface area contributed by atoms with E-state index >= 15 is 0 Å². The van der Waals surface area contributed by atoms with Crippen molar-refractivity contribution in [3.05, 3.63) is 59.2 Å². The summed E-state index contributed by atoms with van der Waals surface area (Å²) in [6.45, 7) is 3.44. The van der Waals surface area contributed by atoms with Gasteiger partial charge in [-0.15, -0.1) is 0 Å². The molecule has 7 nitrogen and oxygen atoms in total. The summed E-state index contributed by atoms with van der Waals surface area (Å²) >= 11 is 0. The minimum Gasteiger partial charge on any atom is -0.349 e. The highest BCUT2D eigenvalue weighted by Crippen LogP contribution is 2.23. The summed E-state index contributed by atoms with van der Waals surface area (Å²) in [5.41, 5.74) is 3.11. The van der Waals surface area contributed by atoms with Crippen LogP contribution in [-0.4, -0.2) is 39.1 Å². The molecule has 0 atom stereocenters. The molecule has 1 saturated carbocycles. The number of amides is 2. The molecule has 0 aliphatic heterocycles. The zero-order chi connectivity index (χ0) is 23.3. The Morgan fingerprint density at radius 1 is 1.00 bits per heavy atom. The van der Waals surface area contributed by atoms with Crippen molar-refractivity contribution in [1.82, 2.24) is 5.32 Å². The highest BCUT2D eigenvalue weighted by molar-refractivity contribution is 7.92. The first kappa shape index (κ1) is 23.8. The van der Waals surface area contributed by atoms with E-state index in [9.17, 15) is 18.0 Å². The number of benzene rings is 2. The Labute approximate surface area is 190 Å². The second kappa shape index (κ2) is 10.2. The SMILES string of the molecule is Cc1ccc(N(CC(=O)Nc2ccccc2C(=O)NC2CCCCC2)S(C)(=O)=O)cc1C. The maximum atomic E-state index is 12.8. The van der Waals surface area contributed by atoms with E-state index < -0.39 is 15.9 Å². The first-order chi connectivity index (χ1) is 15.1. The van der Waals surface area contributed by atoms with E-state index in [2.05, 4.69) is 10.6 Å². The standard InChI is InChI=1S/C24H31N3O4S/c1-17-13-14-20(15-18(17)2)27(32(3,30)31)16-23(28)26-22-12-8-7-11-21(22)24(29)25-19-9-5-4-6-10-19/h7-8,11-15,19H,4-6,9-10,16H2,1-3H3,(H,25,29)(H,26,28). The number of rotatable bonds is 7. The molecule has 0 bridgehead atoms. The van der Waals surface area contributed by atoms with Gasteiger partial charge >= 0.3 is 0 Å². The fourth-order valence-corrected chi connectivity index (χ4v) is 4.75. The number of hydrogen-bond donors (Lipinski definition) is 2. The van der Waals surface area contributed by atoms with E-state index in [-0.39, 0.29) is 18.5 Å². The van der Waals surface area contributed by atoms with Gasteiger partial charge in [-0.25, -0.2) is 8.42 Å². The minimum absolute atomic E-state index is 0.144. The highest BCUT2D eigenvalue weighted by atomic mass is 32.2. The molecule has 1 aliphatic carbocycles. The largest absolute Gasteiger partial charge is 0.349 e. The Balaban J connectivity index is 1.75. The first-order valence-electron chi connectivity index (χ1n) is 10.9. The van der Waals surface area contributed by atoms with Gasteiger partial charge in [0, 0.05) is 6.04 Å². The summed E-state index contributed by atoms with van der Waals surface area (Å²) in [7, 11) is -3.69. The van der Waals surface area contributed by atoms with Crippen molar-refractivity contribution >= 4 is 33.2 Å². The summed E-state index contributed by atoms with van der Waals surface area (Å²) in [6, 6.07) is 12.2. The van der Waals surface area contributed by atoms with Gasteiger partial charge in [0.25, 0.3) is 5.91 Å². The van der Waals surface area contributed by atoms with Crippen molar-refractivity contribution < 1.29 is 18.0 Å². The third kappa shape index (κ3) is 6.09. The zero-order valence-electron chi connectivity index (χ0n) is 18.8. The monoisotopic (exact) mass is 457 g/mol. The number of hydrogen-bond acceptors (Lipinski definition) is 4. The van der Waals surface area contributed by atoms with Crippen LogP contribution < -0.4 is 14.9 Å². The molecule has 2 amide bonds. The van der Waals surface area contributed by atoms with Crippen molar-refractivity contribution in [3.63, 3.8) is 0 Å². The smallest absolute Gasteiger partial charge is 0.253 e. The predicted molar refractivity (Wildman–Crippen MR) is 128 cm³/mol. The van der Waals surface area contributed by atoms with Gasteiger partial charge in [-0.2, -0.15) is 0 Å². The molecule has 172 valence electrons. The van der Waals surface area contributed by atoms with Crippen LogP contribution in [0.25, 0.3) is 0 Å². The fraction of sp³-hybridized carbons (Fsp3) is 0.417. The molecule has 3 rings (SSSR count). The van der Waals surface area contributed by atoms with Gasteiger partial charge < -0.3 is 10.6 Å². The maximum Gasteiger partial charge on any atom is 0.253 e. The van der Waals surface area contributed by atoms with Crippen LogP contribution >= 0.6 is 0 Å². The molecule has 1 fully saturated rings. The summed E-state index contributed by atoms with van der Waals surface area (Å²) in [5, 5.41) is 5.78. The molecule has 0 heterocycles. The van der Waals surface area contributed by atoms with E-state index in [1.165, 1.54) is 6.42 Å². The Kier molecular flexibility index (Phi) is 7.56. The minimum atomic E-state index is -3.69. The number of carbonyl (C=O) groups excluding carboxylic acids is 2. The number of aryl methyl sites for hydroxylation is 2. The number of sulfonamides is 1. The second-order valence-electron chi connectivity index (χ2n) is 8.44. The molecule has 0 aromatic heterocycles. The van der Waals surface area contributed by atoms with Gasteiger partial charge in [0.05, 0.1) is 23.2 Å². The molecule has 0 saturated heterocycles. The van der Waals surface area contributed by atoms with Crippen molar-refractivity contribution in [2.24, 2.45) is 0 Å². The summed E-state index contributed by atoms with van der Waals surface area (Å²) in [5.74, 6) is -0.756. The van der Waals surface area contributed by atoms with Crippen molar-refractivity contribution in [3.8, 4) is 0 Å². The maximum absolute atomic E-state index is 12.8. The van der Waals surface area contributed by atoms with Crippen molar-refractivity contribution in [1.29, 1.82) is 0 Å². The second-order valence-corrected chi connectivity index (χ2v) is 10.3. The highest BCUT2D eigenvalue weighted by Gasteiger charge is 2.23. The van der Waals surface area contributed by atoms with Gasteiger partial charge in [0.1, 0.15) is 6.54 Å². The molecule has 0 unspecified atom stereocenters. The zero-order valence-corrected chi connectivity index (χ0v) is 19.7. The van der Waals surface area contributed by atoms with E-state index in [0.717, 1.165) is 47.4 Å². The third-order valence-electron chi connectivity index (χ3n) is 5.85. The summed E-state index contributed by atoms with van der Waals surface area (Å²) in [6.07, 6.45) is 6.38. The summed E-state index contributed by atoms with van der Waals surface area (Å²) in [4.78, 5) is 25.6. The molecule has 2 aromatic carbocycles. The van der Waals surface area contributed by atoms with E-state index in [1.807, 2.05) is 19.9 Å². The van der Waals surface area contributed by atoms with Crippen LogP contribution in [-0.2, 0) is 14.8 Å². The summed E-state index contributed by atoms with van der Waals surface area (Å²) < 4.78 is 25.9. The molecular formula is C24H31N3O4S. The molecule has 0 radical (unpaired) electrons. The average Bonchev–Trinajstić information content (AvgIpc) is 2.74. The van der Waals surface area contributed by atoms with Gasteiger partial charge in [0.15, 0.2) is 0 Å². The van der Waals surface area contributed by atoms with Crippen LogP contribution in [0.2, 0.25) is 0 Å². The lowest BCUT2D eigenvalue weighted by molar-refractivity contribution is -0.114. The lowest BCUT2D eigenvalue weighted by atomic mass is 9.95. The normalized spacial score (nSPS) is 14.6. The van der Waals surface area contributed by atoms with Crippen LogP contribution in [0.1, 0.15) is 53.6 Å². The van der Waals surface area contributed by atoms with Crippen LogP contribution in [0.15, 0.2) is 42.5 Å². The third-order valence-corrected chi connectivity index (χ3v) is 6.99. The van der Waals surface area contributed by atoms with Crippen molar-refractivity contribution in [2.45, 2.75) is 52.0 Å². The Morgan fingerprint density at radius 2 is 1.69 bits per heavy atom. The first-order valence-corrected chi connectivity index (χ1v) is 12.7. The Bertz CT molecular complexity index is 1090. The van der Waals surface area contributed by atoms with E-state index in [0.29, 0.717) is 16.9 Å². The lowest BCUT2D eigenvalue weighted by Gasteiger charge is -2.24. The van der Waals surface area contributed by atoms with E-state index in [4.69, 9.17) is 0 Å². The number of anilines is 2. The van der Waals surface area contributed by atoms with Crippen LogP contribution in [0.3, 0.4) is 0 Å². The molecular weight excluding hydrogens is 426 g/mol. The van der Waals surface area contributed by atoms with E-state index in [1.54, 1.807) is 36.4 Å². The molecule has 8 heteroatoms. The van der Waals surface area contributed by atoms with Gasteiger partial charge in [-0.05, 0) is 62.1 Å². The number of carbonyl (C=O) groups is 2. The average molecular weight is 458 g/mol. The topological polar surface area (TPSA) is 95.6 Å². The number of para-hydroxylation sites is 1. The van der Waals surface area contributed by atoms with Gasteiger partial charge in [-0.1, -0.05) is 37.5 Å². The molecule has 32 heavy (non-hydrogen) atoms. The number of nitrogens with one attached hydrogen (secondary N) is 2. The lowest BCUT2D eigenvalue weighted by Crippen LogP contribution is -2.38. The fourth-order valence-electron chi connectivity index (χ4n) is 3.90. The Hall–Kier alpha value is -2.87. The van der Waals surface area contributed by atoms with Crippen LogP contribution in [0, 0.1) is 13.8 Å². The molecule has 1 aliphatic rings. The molecule has 2 N–H and O–H groups in total. The van der Waals surface area contributed by atoms with Crippen molar-refractivity contribution in [2.75, 3.05) is 22.4 Å². The van der Waals surface area contributed by atoms with Gasteiger partial charge in [-0.3, -0.25) is 13.9 Å². The molecule has 2 aromatic rings. The van der Waals surface area contributed by atoms with Gasteiger partial charge in [0.2, 0.25) is 15.9 Å². The predicted octanol–water partition coefficient (Wildman–Crippen LogP) is 3.77. The molecule has 0 spiro atoms. The Morgan fingerprint density at radius 3 is 2.34 bits per heavy atom. The number of nitrogens with zero attached hydrogens (tertiary/aromatic N) is 1. The quantitative estimate of drug-likeness (QED) is 0.662. The van der Waals surface area contributed by atoms with Crippen LogP contribution in [0.4, 0.5) is 11.4 Å². The van der Waals surface area contributed by atoms with Crippen LogP contribution in [0.5, 0.6) is 0 Å².